The number of hydrogen-bond donors (Lipinski definition) is 3. The van der Waals surface area contributed by atoms with Gasteiger partial charge < -0.3 is 30.7 Å². The standard InChI is InChI=1S/C17H22F2N4O4/c18-17(19)27-14-7-11(22-16(25)12(8-20)21-10-1-2-10)3-4-13(14)23-5-6-26-9-15(23)24/h3-4,7,10,12,17,21H,1-2,5-6,8-9,20H2,(H,22,25)/t12-/m1/s1. The van der Waals surface area contributed by atoms with Gasteiger partial charge in [-0.15, -0.1) is 0 Å². The smallest absolute Gasteiger partial charge is 0.387 e. The van der Waals surface area contributed by atoms with Crippen LogP contribution in [0, 0.1) is 0 Å². The van der Waals surface area contributed by atoms with Crippen molar-refractivity contribution in [2.45, 2.75) is 31.5 Å². The Kier molecular flexibility index (Phi) is 6.19. The summed E-state index contributed by atoms with van der Waals surface area (Å²) >= 11 is 0. The zero-order chi connectivity index (χ0) is 19.4. The summed E-state index contributed by atoms with van der Waals surface area (Å²) in [7, 11) is 0. The lowest BCUT2D eigenvalue weighted by molar-refractivity contribution is -0.125. The molecule has 0 spiro atoms. The number of nitrogens with two attached hydrogens (primary N) is 1. The highest BCUT2D eigenvalue weighted by Gasteiger charge is 2.28. The molecule has 0 radical (unpaired) electrons. The number of nitrogens with one attached hydrogen (secondary N) is 2. The van der Waals surface area contributed by atoms with Crippen LogP contribution in [0.4, 0.5) is 20.2 Å². The van der Waals surface area contributed by atoms with E-state index in [9.17, 15) is 18.4 Å². The minimum atomic E-state index is -3.07. The molecule has 0 unspecified atom stereocenters. The van der Waals surface area contributed by atoms with E-state index >= 15 is 0 Å². The molecule has 1 saturated carbocycles. The van der Waals surface area contributed by atoms with Crippen molar-refractivity contribution < 1.29 is 27.8 Å². The Labute approximate surface area is 155 Å². The third-order valence-corrected chi connectivity index (χ3v) is 4.29. The fourth-order valence-corrected chi connectivity index (χ4v) is 2.79. The average molecular weight is 384 g/mol. The lowest BCUT2D eigenvalue weighted by atomic mass is 10.2. The largest absolute Gasteiger partial charge is 0.433 e. The maximum atomic E-state index is 12.8. The van der Waals surface area contributed by atoms with Gasteiger partial charge in [-0.2, -0.15) is 8.78 Å². The van der Waals surface area contributed by atoms with Gasteiger partial charge in [-0.25, -0.2) is 0 Å². The highest BCUT2D eigenvalue weighted by atomic mass is 19.3. The number of ether oxygens (including phenoxy) is 2. The SMILES string of the molecule is NC[C@@H](NC1CC1)C(=O)Nc1ccc(N2CCOCC2=O)c(OC(F)F)c1. The highest BCUT2D eigenvalue weighted by molar-refractivity contribution is 5.98. The number of benzene rings is 1. The topological polar surface area (TPSA) is 106 Å². The molecular weight excluding hydrogens is 362 g/mol. The molecule has 1 heterocycles. The van der Waals surface area contributed by atoms with Crippen LogP contribution in [-0.4, -0.2) is 56.8 Å². The third kappa shape index (κ3) is 5.12. The predicted molar refractivity (Wildman–Crippen MR) is 93.9 cm³/mol. The molecule has 1 aliphatic carbocycles. The second kappa shape index (κ2) is 8.59. The van der Waals surface area contributed by atoms with Gasteiger partial charge in [0.05, 0.1) is 18.3 Å². The fourth-order valence-electron chi connectivity index (χ4n) is 2.79. The van der Waals surface area contributed by atoms with Gasteiger partial charge in [-0.3, -0.25) is 9.59 Å². The monoisotopic (exact) mass is 384 g/mol. The second-order valence-electron chi connectivity index (χ2n) is 6.38. The first-order valence-electron chi connectivity index (χ1n) is 8.72. The molecule has 2 aliphatic rings. The molecule has 27 heavy (non-hydrogen) atoms. The first kappa shape index (κ1) is 19.5. The number of anilines is 2. The zero-order valence-corrected chi connectivity index (χ0v) is 14.6. The van der Waals surface area contributed by atoms with E-state index in [0.717, 1.165) is 12.8 Å². The summed E-state index contributed by atoms with van der Waals surface area (Å²) in [6, 6.07) is 3.97. The summed E-state index contributed by atoms with van der Waals surface area (Å²) in [6.07, 6.45) is 2.00. The number of nitrogens with zero attached hydrogens (tertiary/aromatic N) is 1. The van der Waals surface area contributed by atoms with Crippen LogP contribution in [0.5, 0.6) is 5.75 Å². The van der Waals surface area contributed by atoms with Crippen molar-refractivity contribution in [3.63, 3.8) is 0 Å². The summed E-state index contributed by atoms with van der Waals surface area (Å²) < 4.78 is 35.3. The van der Waals surface area contributed by atoms with Gasteiger partial charge in [-0.1, -0.05) is 0 Å². The lowest BCUT2D eigenvalue weighted by Gasteiger charge is -2.28. The quantitative estimate of drug-likeness (QED) is 0.608. The summed E-state index contributed by atoms with van der Waals surface area (Å²) in [5.74, 6) is -0.908. The molecular formula is C17H22F2N4O4. The number of carbonyl (C=O) groups is 2. The van der Waals surface area contributed by atoms with Crippen LogP contribution in [0.15, 0.2) is 18.2 Å². The maximum absolute atomic E-state index is 12.8. The molecule has 3 rings (SSSR count). The van der Waals surface area contributed by atoms with Gasteiger partial charge in [0.25, 0.3) is 5.91 Å². The molecule has 1 saturated heterocycles. The number of alkyl halides is 2. The van der Waals surface area contributed by atoms with Crippen LogP contribution < -0.4 is 26.0 Å². The van der Waals surface area contributed by atoms with E-state index in [4.69, 9.17) is 10.5 Å². The predicted octanol–water partition coefficient (Wildman–Crippen LogP) is 0.669. The van der Waals surface area contributed by atoms with Crippen molar-refractivity contribution in [1.82, 2.24) is 5.32 Å². The Balaban J connectivity index is 1.77. The molecule has 2 fully saturated rings. The van der Waals surface area contributed by atoms with Crippen molar-refractivity contribution >= 4 is 23.2 Å². The van der Waals surface area contributed by atoms with E-state index in [0.29, 0.717) is 6.61 Å². The molecule has 2 amide bonds. The Morgan fingerprint density at radius 2 is 2.19 bits per heavy atom. The van der Waals surface area contributed by atoms with Gasteiger partial charge in [-0.05, 0) is 25.0 Å². The Morgan fingerprint density at radius 1 is 1.41 bits per heavy atom. The normalized spacial score (nSPS) is 18.5. The van der Waals surface area contributed by atoms with Crippen molar-refractivity contribution in [3.8, 4) is 5.75 Å². The molecule has 148 valence electrons. The molecule has 4 N–H and O–H groups in total. The fraction of sp³-hybridized carbons (Fsp3) is 0.529. The molecule has 1 aromatic carbocycles. The number of halogens is 2. The van der Waals surface area contributed by atoms with E-state index < -0.39 is 12.7 Å². The number of hydrogen-bond acceptors (Lipinski definition) is 6. The van der Waals surface area contributed by atoms with Gasteiger partial charge in [0.15, 0.2) is 5.75 Å². The summed E-state index contributed by atoms with van der Waals surface area (Å²) in [5, 5.41) is 5.77. The second-order valence-corrected chi connectivity index (χ2v) is 6.38. The summed E-state index contributed by atoms with van der Waals surface area (Å²) in [4.78, 5) is 25.7. The van der Waals surface area contributed by atoms with E-state index in [1.54, 1.807) is 0 Å². The van der Waals surface area contributed by atoms with E-state index in [1.165, 1.54) is 23.1 Å². The molecule has 1 aliphatic heterocycles. The Morgan fingerprint density at radius 3 is 2.81 bits per heavy atom. The van der Waals surface area contributed by atoms with Crippen molar-refractivity contribution in [1.29, 1.82) is 0 Å². The number of amides is 2. The van der Waals surface area contributed by atoms with Crippen LogP contribution in [0.25, 0.3) is 0 Å². The molecule has 8 nitrogen and oxygen atoms in total. The number of carbonyl (C=O) groups excluding carboxylic acids is 2. The number of rotatable bonds is 8. The maximum Gasteiger partial charge on any atom is 0.387 e. The molecule has 1 aromatic rings. The van der Waals surface area contributed by atoms with Gasteiger partial charge in [0.2, 0.25) is 5.91 Å². The Hall–Kier alpha value is -2.30. The summed E-state index contributed by atoms with van der Waals surface area (Å²) in [6.45, 7) is -2.56. The first-order valence-corrected chi connectivity index (χ1v) is 8.72. The molecule has 0 aromatic heterocycles. The number of morpholine rings is 1. The van der Waals surface area contributed by atoms with Crippen LogP contribution >= 0.6 is 0 Å². The summed E-state index contributed by atoms with van der Waals surface area (Å²) in [5.41, 5.74) is 6.11. The lowest BCUT2D eigenvalue weighted by Crippen LogP contribution is -2.46. The Bertz CT molecular complexity index is 700. The minimum Gasteiger partial charge on any atom is -0.433 e. The zero-order valence-electron chi connectivity index (χ0n) is 14.6. The van der Waals surface area contributed by atoms with E-state index in [1.807, 2.05) is 0 Å². The average Bonchev–Trinajstić information content (AvgIpc) is 3.44. The highest BCUT2D eigenvalue weighted by Crippen LogP contribution is 2.33. The first-order chi connectivity index (χ1) is 13.0. The van der Waals surface area contributed by atoms with Gasteiger partial charge in [0.1, 0.15) is 6.61 Å². The third-order valence-electron chi connectivity index (χ3n) is 4.29. The van der Waals surface area contributed by atoms with Gasteiger partial charge >= 0.3 is 6.61 Å². The van der Waals surface area contributed by atoms with Crippen molar-refractivity contribution in [3.05, 3.63) is 18.2 Å². The molecule has 0 bridgehead atoms. The van der Waals surface area contributed by atoms with Gasteiger partial charge in [0, 0.05) is 30.9 Å². The van der Waals surface area contributed by atoms with Crippen LogP contribution in [0.1, 0.15) is 12.8 Å². The van der Waals surface area contributed by atoms with Crippen molar-refractivity contribution in [2.75, 3.05) is 36.5 Å². The van der Waals surface area contributed by atoms with Crippen LogP contribution in [-0.2, 0) is 14.3 Å². The van der Waals surface area contributed by atoms with Crippen LogP contribution in [0.3, 0.4) is 0 Å². The van der Waals surface area contributed by atoms with Crippen LogP contribution in [0.2, 0.25) is 0 Å². The molecule has 10 heteroatoms. The van der Waals surface area contributed by atoms with E-state index in [-0.39, 0.29) is 54.7 Å². The molecule has 1 atom stereocenters. The van der Waals surface area contributed by atoms with E-state index in [2.05, 4.69) is 15.4 Å². The minimum absolute atomic E-state index is 0.114. The van der Waals surface area contributed by atoms with Crippen molar-refractivity contribution in [2.24, 2.45) is 5.73 Å².